The molecule has 3 nitrogen and oxygen atoms in total. The summed E-state index contributed by atoms with van der Waals surface area (Å²) in [5, 5.41) is 2.88. The Morgan fingerprint density at radius 2 is 2.18 bits per heavy atom. The molecule has 2 rings (SSSR count). The molecule has 1 aromatic rings. The fraction of sp³-hybridized carbons (Fsp3) is 0.462. The molecule has 1 fully saturated rings. The van der Waals surface area contributed by atoms with Gasteiger partial charge in [0.2, 0.25) is 5.91 Å². The Labute approximate surface area is 110 Å². The van der Waals surface area contributed by atoms with Crippen molar-refractivity contribution in [1.82, 2.24) is 0 Å². The van der Waals surface area contributed by atoms with E-state index in [9.17, 15) is 4.79 Å². The summed E-state index contributed by atoms with van der Waals surface area (Å²) in [4.78, 5) is 11.7. The topological polar surface area (TPSA) is 38.3 Å². The number of carbonyl (C=O) groups excluding carboxylic acids is 1. The molecule has 4 heteroatoms. The smallest absolute Gasteiger partial charge is 0.224 e. The van der Waals surface area contributed by atoms with Crippen LogP contribution < -0.4 is 5.32 Å². The van der Waals surface area contributed by atoms with Crippen molar-refractivity contribution in [2.45, 2.75) is 31.8 Å². The summed E-state index contributed by atoms with van der Waals surface area (Å²) in [6.45, 7) is 0.846. The van der Waals surface area contributed by atoms with Gasteiger partial charge in [-0.25, -0.2) is 0 Å². The van der Waals surface area contributed by atoms with Crippen LogP contribution in [0.1, 0.15) is 25.7 Å². The van der Waals surface area contributed by atoms with Crippen molar-refractivity contribution in [3.63, 3.8) is 0 Å². The van der Waals surface area contributed by atoms with Crippen molar-refractivity contribution in [2.24, 2.45) is 0 Å². The number of rotatable bonds is 4. The van der Waals surface area contributed by atoms with E-state index in [4.69, 9.17) is 4.74 Å². The van der Waals surface area contributed by atoms with Crippen LogP contribution in [0, 0.1) is 0 Å². The third-order valence-corrected chi connectivity index (χ3v) is 3.37. The molecule has 0 saturated carbocycles. The Hall–Kier alpha value is -0.870. The first-order valence-electron chi connectivity index (χ1n) is 5.91. The van der Waals surface area contributed by atoms with E-state index in [1.165, 1.54) is 0 Å². The molecule has 1 aliphatic rings. The van der Waals surface area contributed by atoms with Crippen molar-refractivity contribution in [3.05, 3.63) is 28.7 Å². The lowest BCUT2D eigenvalue weighted by molar-refractivity contribution is -0.116. The Bertz CT molecular complexity index is 372. The van der Waals surface area contributed by atoms with Crippen molar-refractivity contribution < 1.29 is 9.53 Å². The van der Waals surface area contributed by atoms with Gasteiger partial charge in [-0.1, -0.05) is 15.9 Å². The van der Waals surface area contributed by atoms with Crippen LogP contribution in [-0.4, -0.2) is 18.6 Å². The lowest BCUT2D eigenvalue weighted by Gasteiger charge is -2.09. The maximum Gasteiger partial charge on any atom is 0.224 e. The monoisotopic (exact) mass is 297 g/mol. The van der Waals surface area contributed by atoms with Gasteiger partial charge in [-0.15, -0.1) is 0 Å². The molecule has 0 radical (unpaired) electrons. The number of halogens is 1. The van der Waals surface area contributed by atoms with Crippen LogP contribution in [0.4, 0.5) is 5.69 Å². The second kappa shape index (κ2) is 6.17. The first-order chi connectivity index (χ1) is 8.24. The van der Waals surface area contributed by atoms with E-state index in [0.29, 0.717) is 6.42 Å². The molecular weight excluding hydrogens is 282 g/mol. The summed E-state index contributed by atoms with van der Waals surface area (Å²) >= 11 is 3.36. The molecule has 1 aromatic carbocycles. The molecule has 0 aromatic heterocycles. The largest absolute Gasteiger partial charge is 0.378 e. The van der Waals surface area contributed by atoms with Crippen LogP contribution in [0.5, 0.6) is 0 Å². The number of amides is 1. The van der Waals surface area contributed by atoms with Crippen LogP contribution in [-0.2, 0) is 9.53 Å². The number of benzene rings is 1. The van der Waals surface area contributed by atoms with Gasteiger partial charge in [-0.05, 0) is 43.5 Å². The lowest BCUT2D eigenvalue weighted by Crippen LogP contribution is -2.15. The third kappa shape index (κ3) is 4.13. The average molecular weight is 298 g/mol. The first-order valence-corrected chi connectivity index (χ1v) is 6.70. The van der Waals surface area contributed by atoms with Gasteiger partial charge in [0, 0.05) is 23.2 Å². The number of hydrogen-bond donors (Lipinski definition) is 1. The van der Waals surface area contributed by atoms with Gasteiger partial charge in [-0.2, -0.15) is 0 Å². The third-order valence-electron chi connectivity index (χ3n) is 2.85. The average Bonchev–Trinajstić information content (AvgIpc) is 2.83. The Balaban J connectivity index is 1.74. The van der Waals surface area contributed by atoms with E-state index in [2.05, 4.69) is 21.2 Å². The van der Waals surface area contributed by atoms with Crippen molar-refractivity contribution >= 4 is 27.5 Å². The highest BCUT2D eigenvalue weighted by molar-refractivity contribution is 9.10. The summed E-state index contributed by atoms with van der Waals surface area (Å²) in [7, 11) is 0. The summed E-state index contributed by atoms with van der Waals surface area (Å²) in [5.74, 6) is 0.0582. The van der Waals surface area contributed by atoms with E-state index < -0.39 is 0 Å². The van der Waals surface area contributed by atoms with Crippen LogP contribution in [0.2, 0.25) is 0 Å². The number of hydrogen-bond acceptors (Lipinski definition) is 2. The minimum Gasteiger partial charge on any atom is -0.378 e. The van der Waals surface area contributed by atoms with Crippen molar-refractivity contribution in [3.8, 4) is 0 Å². The maximum absolute atomic E-state index is 11.7. The fourth-order valence-corrected chi connectivity index (χ4v) is 2.19. The van der Waals surface area contributed by atoms with Gasteiger partial charge in [0.1, 0.15) is 0 Å². The molecule has 1 unspecified atom stereocenters. The summed E-state index contributed by atoms with van der Waals surface area (Å²) in [6, 6.07) is 7.59. The minimum atomic E-state index is 0.0582. The fourth-order valence-electron chi connectivity index (χ4n) is 1.92. The van der Waals surface area contributed by atoms with E-state index in [1.807, 2.05) is 24.3 Å². The number of nitrogens with one attached hydrogen (secondary N) is 1. The van der Waals surface area contributed by atoms with E-state index in [1.54, 1.807) is 0 Å². The predicted molar refractivity (Wildman–Crippen MR) is 71.0 cm³/mol. The Morgan fingerprint density at radius 1 is 1.41 bits per heavy atom. The van der Waals surface area contributed by atoms with E-state index in [0.717, 1.165) is 36.0 Å². The summed E-state index contributed by atoms with van der Waals surface area (Å²) in [6.07, 6.45) is 3.85. The second-order valence-electron chi connectivity index (χ2n) is 4.23. The molecule has 1 N–H and O–H groups in total. The van der Waals surface area contributed by atoms with Gasteiger partial charge in [-0.3, -0.25) is 4.79 Å². The minimum absolute atomic E-state index is 0.0582. The van der Waals surface area contributed by atoms with Gasteiger partial charge in [0.05, 0.1) is 6.10 Å². The molecule has 1 atom stereocenters. The van der Waals surface area contributed by atoms with Gasteiger partial charge < -0.3 is 10.1 Å². The van der Waals surface area contributed by atoms with Gasteiger partial charge in [0.15, 0.2) is 0 Å². The van der Waals surface area contributed by atoms with Crippen molar-refractivity contribution in [2.75, 3.05) is 11.9 Å². The summed E-state index contributed by atoms with van der Waals surface area (Å²) < 4.78 is 6.49. The molecule has 1 amide bonds. The molecular formula is C13H16BrNO2. The molecule has 92 valence electrons. The number of anilines is 1. The number of ether oxygens (including phenoxy) is 1. The normalized spacial score (nSPS) is 19.2. The quantitative estimate of drug-likeness (QED) is 0.925. The highest BCUT2D eigenvalue weighted by atomic mass is 79.9. The van der Waals surface area contributed by atoms with Crippen molar-refractivity contribution in [1.29, 1.82) is 0 Å². The summed E-state index contributed by atoms with van der Waals surface area (Å²) in [5.41, 5.74) is 0.838. The Morgan fingerprint density at radius 3 is 2.82 bits per heavy atom. The maximum atomic E-state index is 11.7. The molecule has 17 heavy (non-hydrogen) atoms. The van der Waals surface area contributed by atoms with Crippen LogP contribution in [0.25, 0.3) is 0 Å². The van der Waals surface area contributed by atoms with Crippen LogP contribution in [0.3, 0.4) is 0 Å². The molecule has 0 aliphatic carbocycles. The van der Waals surface area contributed by atoms with Crippen LogP contribution >= 0.6 is 15.9 Å². The Kier molecular flexibility index (Phi) is 4.57. The zero-order valence-electron chi connectivity index (χ0n) is 9.62. The highest BCUT2D eigenvalue weighted by Gasteiger charge is 2.16. The lowest BCUT2D eigenvalue weighted by atomic mass is 10.1. The molecule has 1 heterocycles. The van der Waals surface area contributed by atoms with Crippen LogP contribution in [0.15, 0.2) is 28.7 Å². The molecule has 0 bridgehead atoms. The first kappa shape index (κ1) is 12.6. The molecule has 0 spiro atoms. The van der Waals surface area contributed by atoms with Gasteiger partial charge in [0.25, 0.3) is 0 Å². The zero-order chi connectivity index (χ0) is 12.1. The standard InChI is InChI=1S/C13H16BrNO2/c14-10-3-5-11(6-4-10)15-13(16)8-7-12-2-1-9-17-12/h3-6,12H,1-2,7-9H2,(H,15,16). The predicted octanol–water partition coefficient (Wildman–Crippen LogP) is 3.35. The molecule has 1 saturated heterocycles. The zero-order valence-corrected chi connectivity index (χ0v) is 11.2. The van der Waals surface area contributed by atoms with Gasteiger partial charge >= 0.3 is 0 Å². The highest BCUT2D eigenvalue weighted by Crippen LogP contribution is 2.18. The second-order valence-corrected chi connectivity index (χ2v) is 5.14. The SMILES string of the molecule is O=C(CCC1CCCO1)Nc1ccc(Br)cc1. The molecule has 1 aliphatic heterocycles. The van der Waals surface area contributed by atoms with E-state index in [-0.39, 0.29) is 12.0 Å². The van der Waals surface area contributed by atoms with E-state index >= 15 is 0 Å². The number of carbonyl (C=O) groups is 1.